The molecule has 2 N–H and O–H groups in total. The molecule has 1 aliphatic heterocycles. The Morgan fingerprint density at radius 1 is 1.33 bits per heavy atom. The maximum absolute atomic E-state index is 5.91. The number of aromatic nitrogens is 1. The van der Waals surface area contributed by atoms with Crippen molar-refractivity contribution in [1.82, 2.24) is 15.8 Å². The first-order valence-electron chi connectivity index (χ1n) is 10.2. The molecule has 0 aliphatic carbocycles. The topological polar surface area (TPSA) is 80.9 Å². The Kier molecular flexibility index (Phi) is 8.81. The lowest BCUT2D eigenvalue weighted by molar-refractivity contribution is 0.254. The number of benzene rings is 1. The lowest BCUT2D eigenvalue weighted by Crippen LogP contribution is -2.38. The van der Waals surface area contributed by atoms with Gasteiger partial charge in [0.2, 0.25) is 0 Å². The molecule has 2 aromatic rings. The fourth-order valence-electron chi connectivity index (χ4n) is 3.85. The van der Waals surface area contributed by atoms with Crippen LogP contribution in [-0.4, -0.2) is 37.4 Å². The highest BCUT2D eigenvalue weighted by atomic mass is 127. The molecule has 0 bridgehead atoms. The molecule has 0 radical (unpaired) electrons. The number of nitrogens with one attached hydrogen (secondary N) is 2. The zero-order valence-corrected chi connectivity index (χ0v) is 21.0. The van der Waals surface area contributed by atoms with Crippen molar-refractivity contribution in [3.05, 3.63) is 40.3 Å². The second-order valence-electron chi connectivity index (χ2n) is 7.58. The minimum absolute atomic E-state index is 0. The number of hydrogen-bond acceptors (Lipinski definition) is 5. The van der Waals surface area contributed by atoms with Crippen LogP contribution < -0.4 is 20.1 Å². The SMILES string of the molecule is CCOc1cc2c(cc1CNC(=NC)NCC(C)c1c(C)noc1C)OC(C)C2.I. The van der Waals surface area contributed by atoms with Crippen molar-refractivity contribution < 1.29 is 14.0 Å². The molecule has 0 saturated heterocycles. The zero-order valence-electron chi connectivity index (χ0n) is 18.7. The van der Waals surface area contributed by atoms with Crippen molar-refractivity contribution in [3.63, 3.8) is 0 Å². The van der Waals surface area contributed by atoms with Crippen molar-refractivity contribution in [1.29, 1.82) is 0 Å². The van der Waals surface area contributed by atoms with Crippen molar-refractivity contribution in [3.8, 4) is 11.5 Å². The highest BCUT2D eigenvalue weighted by Gasteiger charge is 2.22. The third-order valence-corrected chi connectivity index (χ3v) is 5.21. The molecule has 0 spiro atoms. The van der Waals surface area contributed by atoms with Gasteiger partial charge in [-0.05, 0) is 39.8 Å². The molecular weight excluding hydrogens is 495 g/mol. The van der Waals surface area contributed by atoms with Crippen LogP contribution in [0.25, 0.3) is 0 Å². The van der Waals surface area contributed by atoms with Crippen LogP contribution in [0.1, 0.15) is 54.8 Å². The average Bonchev–Trinajstić information content (AvgIpc) is 3.22. The predicted octanol–water partition coefficient (Wildman–Crippen LogP) is 4.10. The molecule has 1 aliphatic rings. The molecule has 0 saturated carbocycles. The lowest BCUT2D eigenvalue weighted by Gasteiger charge is -2.17. The number of halogens is 1. The number of fused-ring (bicyclic) bond motifs is 1. The van der Waals surface area contributed by atoms with E-state index >= 15 is 0 Å². The van der Waals surface area contributed by atoms with Crippen molar-refractivity contribution in [2.45, 2.75) is 59.6 Å². The predicted molar refractivity (Wildman–Crippen MR) is 129 cm³/mol. The van der Waals surface area contributed by atoms with E-state index in [1.54, 1.807) is 7.05 Å². The van der Waals surface area contributed by atoms with Crippen LogP contribution in [0.15, 0.2) is 21.6 Å². The molecule has 0 amide bonds. The van der Waals surface area contributed by atoms with E-state index in [1.165, 1.54) is 5.56 Å². The van der Waals surface area contributed by atoms with Gasteiger partial charge in [-0.2, -0.15) is 0 Å². The Balaban J connectivity index is 0.00000320. The first-order valence-corrected chi connectivity index (χ1v) is 10.2. The van der Waals surface area contributed by atoms with Crippen LogP contribution in [-0.2, 0) is 13.0 Å². The number of rotatable bonds is 7. The summed E-state index contributed by atoms with van der Waals surface area (Å²) in [5, 5.41) is 10.8. The third kappa shape index (κ3) is 5.59. The summed E-state index contributed by atoms with van der Waals surface area (Å²) in [5.41, 5.74) is 4.35. The number of hydrogen-bond donors (Lipinski definition) is 2. The number of guanidine groups is 1. The second-order valence-corrected chi connectivity index (χ2v) is 7.58. The van der Waals surface area contributed by atoms with Crippen LogP contribution in [0.4, 0.5) is 0 Å². The summed E-state index contributed by atoms with van der Waals surface area (Å²) < 4.78 is 17.1. The van der Waals surface area contributed by atoms with Gasteiger partial charge in [-0.25, -0.2) is 0 Å². The van der Waals surface area contributed by atoms with E-state index in [1.807, 2.05) is 20.8 Å². The first kappa shape index (κ1) is 24.3. The normalized spacial score (nSPS) is 16.3. The van der Waals surface area contributed by atoms with E-state index in [0.717, 1.165) is 53.0 Å². The van der Waals surface area contributed by atoms with Gasteiger partial charge in [0.15, 0.2) is 5.96 Å². The monoisotopic (exact) mass is 528 g/mol. The largest absolute Gasteiger partial charge is 0.494 e. The van der Waals surface area contributed by atoms with Crippen LogP contribution in [0.3, 0.4) is 0 Å². The van der Waals surface area contributed by atoms with Gasteiger partial charge in [0, 0.05) is 49.2 Å². The van der Waals surface area contributed by atoms with Gasteiger partial charge in [0.05, 0.1) is 12.3 Å². The second kappa shape index (κ2) is 10.9. The molecule has 1 aromatic heterocycles. The van der Waals surface area contributed by atoms with Gasteiger partial charge < -0.3 is 24.6 Å². The fraction of sp³-hybridized carbons (Fsp3) is 0.545. The van der Waals surface area contributed by atoms with E-state index in [9.17, 15) is 0 Å². The van der Waals surface area contributed by atoms with Gasteiger partial charge in [0.25, 0.3) is 0 Å². The Morgan fingerprint density at radius 2 is 2.10 bits per heavy atom. The standard InChI is InChI=1S/C22H32N4O3.HI/c1-7-27-19-9-17-8-14(3)28-20(17)10-18(19)12-25-22(23-6)24-11-13(2)21-15(4)26-29-16(21)5;/h9-10,13-14H,7-8,11-12H2,1-6H3,(H2,23,24,25);1H. The molecular formula is C22H33IN4O3. The molecule has 30 heavy (non-hydrogen) atoms. The average molecular weight is 528 g/mol. The minimum atomic E-state index is 0. The summed E-state index contributed by atoms with van der Waals surface area (Å²) in [4.78, 5) is 4.34. The van der Waals surface area contributed by atoms with Gasteiger partial charge in [-0.1, -0.05) is 12.1 Å². The first-order chi connectivity index (χ1) is 13.9. The van der Waals surface area contributed by atoms with Gasteiger partial charge in [0.1, 0.15) is 23.4 Å². The van der Waals surface area contributed by atoms with E-state index in [0.29, 0.717) is 13.2 Å². The molecule has 7 nitrogen and oxygen atoms in total. The molecule has 1 aromatic carbocycles. The molecule has 8 heteroatoms. The lowest BCUT2D eigenvalue weighted by atomic mass is 10.00. The number of aliphatic imine (C=N–C) groups is 1. The third-order valence-electron chi connectivity index (χ3n) is 5.21. The van der Waals surface area contributed by atoms with Crippen LogP contribution in [0, 0.1) is 13.8 Å². The fourth-order valence-corrected chi connectivity index (χ4v) is 3.85. The van der Waals surface area contributed by atoms with Gasteiger partial charge >= 0.3 is 0 Å². The minimum Gasteiger partial charge on any atom is -0.494 e. The van der Waals surface area contributed by atoms with E-state index < -0.39 is 0 Å². The van der Waals surface area contributed by atoms with Gasteiger partial charge in [-0.15, -0.1) is 24.0 Å². The van der Waals surface area contributed by atoms with Crippen LogP contribution in [0.5, 0.6) is 11.5 Å². The number of aryl methyl sites for hydroxylation is 2. The van der Waals surface area contributed by atoms with Crippen molar-refractivity contribution in [2.75, 3.05) is 20.2 Å². The van der Waals surface area contributed by atoms with Crippen molar-refractivity contribution >= 4 is 29.9 Å². The highest BCUT2D eigenvalue weighted by Crippen LogP contribution is 2.35. The van der Waals surface area contributed by atoms with E-state index in [4.69, 9.17) is 14.0 Å². The number of nitrogens with zero attached hydrogens (tertiary/aromatic N) is 2. The van der Waals surface area contributed by atoms with E-state index in [2.05, 4.69) is 46.8 Å². The molecule has 166 valence electrons. The Morgan fingerprint density at radius 3 is 2.73 bits per heavy atom. The summed E-state index contributed by atoms with van der Waals surface area (Å²) in [5.74, 6) is 3.71. The molecule has 0 fully saturated rings. The Bertz CT molecular complexity index is 862. The van der Waals surface area contributed by atoms with Crippen LogP contribution >= 0.6 is 24.0 Å². The summed E-state index contributed by atoms with van der Waals surface area (Å²) in [7, 11) is 1.77. The number of ether oxygens (including phenoxy) is 2. The summed E-state index contributed by atoms with van der Waals surface area (Å²) in [6.45, 7) is 12.1. The Hall–Kier alpha value is -1.97. The summed E-state index contributed by atoms with van der Waals surface area (Å²) in [6.07, 6.45) is 1.13. The van der Waals surface area contributed by atoms with Crippen molar-refractivity contribution in [2.24, 2.45) is 4.99 Å². The van der Waals surface area contributed by atoms with Crippen LogP contribution in [0.2, 0.25) is 0 Å². The quantitative estimate of drug-likeness (QED) is 0.320. The summed E-state index contributed by atoms with van der Waals surface area (Å²) >= 11 is 0. The molecule has 2 unspecified atom stereocenters. The zero-order chi connectivity index (χ0) is 21.0. The Labute approximate surface area is 196 Å². The van der Waals surface area contributed by atoms with Gasteiger partial charge in [-0.3, -0.25) is 4.99 Å². The summed E-state index contributed by atoms with van der Waals surface area (Å²) in [6, 6.07) is 4.19. The maximum atomic E-state index is 5.91. The molecule has 3 rings (SSSR count). The molecule has 2 atom stereocenters. The molecule has 2 heterocycles. The van der Waals surface area contributed by atoms with E-state index in [-0.39, 0.29) is 36.0 Å². The smallest absolute Gasteiger partial charge is 0.191 e. The highest BCUT2D eigenvalue weighted by molar-refractivity contribution is 14.0. The maximum Gasteiger partial charge on any atom is 0.191 e.